The van der Waals surface area contributed by atoms with E-state index in [1.54, 1.807) is 0 Å². The molecule has 0 aliphatic heterocycles. The van der Waals surface area contributed by atoms with Crippen molar-refractivity contribution in [3.63, 3.8) is 0 Å². The summed E-state index contributed by atoms with van der Waals surface area (Å²) in [6.07, 6.45) is 1.70. The number of rotatable bonds is 8. The molecular weight excluding hydrogens is 255 g/mol. The number of benzene rings is 1. The third-order valence-electron chi connectivity index (χ3n) is 2.71. The molecule has 0 aliphatic rings. The molecule has 1 rings (SSSR count). The van der Waals surface area contributed by atoms with E-state index in [1.807, 2.05) is 13.8 Å². The summed E-state index contributed by atoms with van der Waals surface area (Å²) in [5.74, 6) is -3.75. The lowest BCUT2D eigenvalue weighted by Crippen LogP contribution is -2.27. The number of hydrogen-bond acceptors (Lipinski definition) is 2. The summed E-state index contributed by atoms with van der Waals surface area (Å²) in [4.78, 5) is 0. The van der Waals surface area contributed by atoms with Crippen LogP contribution in [0.25, 0.3) is 0 Å². The van der Waals surface area contributed by atoms with Gasteiger partial charge in [0.2, 0.25) is 0 Å². The lowest BCUT2D eigenvalue weighted by molar-refractivity contribution is 0.110. The smallest absolute Gasteiger partial charge is 0.194 e. The highest BCUT2D eigenvalue weighted by atomic mass is 19.2. The first-order valence-corrected chi connectivity index (χ1v) is 6.56. The first-order chi connectivity index (χ1) is 9.11. The number of hydrogen-bond donors (Lipinski definition) is 1. The van der Waals surface area contributed by atoms with Crippen LogP contribution in [0.15, 0.2) is 12.1 Å². The number of ether oxygens (including phenoxy) is 1. The van der Waals surface area contributed by atoms with E-state index >= 15 is 0 Å². The first kappa shape index (κ1) is 16.0. The maximum absolute atomic E-state index is 13.7. The Labute approximate surface area is 112 Å². The molecule has 1 aromatic rings. The van der Waals surface area contributed by atoms with Crippen molar-refractivity contribution < 1.29 is 17.9 Å². The van der Waals surface area contributed by atoms with E-state index in [-0.39, 0.29) is 12.2 Å². The second kappa shape index (κ2) is 8.17. The standard InChI is InChI=1S/C14H20F3NO/c1-3-7-18-12(9-19-8-4-2)10-5-6-11(15)14(17)13(10)16/h5-6,12,18H,3-4,7-9H2,1-2H3. The van der Waals surface area contributed by atoms with Crippen LogP contribution in [0.4, 0.5) is 13.2 Å². The Morgan fingerprint density at radius 2 is 1.84 bits per heavy atom. The van der Waals surface area contributed by atoms with E-state index in [2.05, 4.69) is 5.32 Å². The third-order valence-corrected chi connectivity index (χ3v) is 2.71. The topological polar surface area (TPSA) is 21.3 Å². The van der Waals surface area contributed by atoms with Gasteiger partial charge in [-0.3, -0.25) is 0 Å². The zero-order valence-electron chi connectivity index (χ0n) is 11.3. The average molecular weight is 275 g/mol. The maximum atomic E-state index is 13.7. The molecule has 0 aromatic heterocycles. The van der Waals surface area contributed by atoms with Crippen LogP contribution in [0.1, 0.15) is 38.3 Å². The van der Waals surface area contributed by atoms with Gasteiger partial charge in [0, 0.05) is 12.2 Å². The molecule has 1 atom stereocenters. The van der Waals surface area contributed by atoms with Crippen molar-refractivity contribution in [1.82, 2.24) is 5.32 Å². The fourth-order valence-corrected chi connectivity index (χ4v) is 1.73. The summed E-state index contributed by atoms with van der Waals surface area (Å²) < 4.78 is 45.3. The van der Waals surface area contributed by atoms with Crippen molar-refractivity contribution in [2.75, 3.05) is 19.8 Å². The van der Waals surface area contributed by atoms with Gasteiger partial charge in [-0.25, -0.2) is 13.2 Å². The number of halogens is 3. The minimum atomic E-state index is -1.43. The Morgan fingerprint density at radius 1 is 1.11 bits per heavy atom. The van der Waals surface area contributed by atoms with E-state index in [0.29, 0.717) is 13.2 Å². The molecule has 1 unspecified atom stereocenters. The van der Waals surface area contributed by atoms with E-state index < -0.39 is 23.5 Å². The van der Waals surface area contributed by atoms with Crippen LogP contribution >= 0.6 is 0 Å². The summed E-state index contributed by atoms with van der Waals surface area (Å²) in [5.41, 5.74) is 0.100. The van der Waals surface area contributed by atoms with Crippen LogP contribution in [0.3, 0.4) is 0 Å². The summed E-state index contributed by atoms with van der Waals surface area (Å²) in [6.45, 7) is 5.37. The molecule has 19 heavy (non-hydrogen) atoms. The monoisotopic (exact) mass is 275 g/mol. The van der Waals surface area contributed by atoms with Crippen molar-refractivity contribution >= 4 is 0 Å². The summed E-state index contributed by atoms with van der Waals surface area (Å²) in [6, 6.07) is 1.73. The minimum absolute atomic E-state index is 0.100. The lowest BCUT2D eigenvalue weighted by atomic mass is 10.1. The molecule has 1 N–H and O–H groups in total. The summed E-state index contributed by atoms with van der Waals surface area (Å²) >= 11 is 0. The molecule has 1 aromatic carbocycles. The summed E-state index contributed by atoms with van der Waals surface area (Å²) in [5, 5.41) is 3.08. The zero-order valence-corrected chi connectivity index (χ0v) is 11.3. The Balaban J connectivity index is 2.86. The largest absolute Gasteiger partial charge is 0.379 e. The predicted octanol–water partition coefficient (Wildman–Crippen LogP) is 3.57. The molecule has 0 saturated heterocycles. The molecule has 0 radical (unpaired) electrons. The van der Waals surface area contributed by atoms with Gasteiger partial charge in [-0.15, -0.1) is 0 Å². The van der Waals surface area contributed by atoms with Gasteiger partial charge in [-0.1, -0.05) is 19.9 Å². The molecule has 0 bridgehead atoms. The van der Waals surface area contributed by atoms with Gasteiger partial charge >= 0.3 is 0 Å². The van der Waals surface area contributed by atoms with Gasteiger partial charge in [0.05, 0.1) is 12.6 Å². The minimum Gasteiger partial charge on any atom is -0.379 e. The fourth-order valence-electron chi connectivity index (χ4n) is 1.73. The molecule has 0 fully saturated rings. The van der Waals surface area contributed by atoms with Gasteiger partial charge < -0.3 is 10.1 Å². The van der Waals surface area contributed by atoms with Crippen LogP contribution in [-0.2, 0) is 4.74 Å². The second-order valence-corrected chi connectivity index (χ2v) is 4.35. The van der Waals surface area contributed by atoms with Gasteiger partial charge in [-0.05, 0) is 25.5 Å². The van der Waals surface area contributed by atoms with Crippen LogP contribution in [0, 0.1) is 17.5 Å². The SMILES string of the molecule is CCCNC(COCCC)c1ccc(F)c(F)c1F. The molecule has 0 saturated carbocycles. The number of nitrogens with one attached hydrogen (secondary N) is 1. The van der Waals surface area contributed by atoms with Crippen molar-refractivity contribution in [2.45, 2.75) is 32.7 Å². The molecular formula is C14H20F3NO. The van der Waals surface area contributed by atoms with Crippen molar-refractivity contribution in [3.8, 4) is 0 Å². The zero-order chi connectivity index (χ0) is 14.3. The van der Waals surface area contributed by atoms with E-state index in [4.69, 9.17) is 4.74 Å². The highest BCUT2D eigenvalue weighted by Crippen LogP contribution is 2.22. The molecule has 2 nitrogen and oxygen atoms in total. The highest BCUT2D eigenvalue weighted by Gasteiger charge is 2.20. The molecule has 0 heterocycles. The quantitative estimate of drug-likeness (QED) is 0.578. The first-order valence-electron chi connectivity index (χ1n) is 6.56. The predicted molar refractivity (Wildman–Crippen MR) is 68.5 cm³/mol. The average Bonchev–Trinajstić information content (AvgIpc) is 2.41. The van der Waals surface area contributed by atoms with E-state index in [0.717, 1.165) is 18.9 Å². The summed E-state index contributed by atoms with van der Waals surface area (Å²) in [7, 11) is 0. The lowest BCUT2D eigenvalue weighted by Gasteiger charge is -2.20. The Bertz CT molecular complexity index is 399. The van der Waals surface area contributed by atoms with E-state index in [9.17, 15) is 13.2 Å². The van der Waals surface area contributed by atoms with Crippen LogP contribution in [0.5, 0.6) is 0 Å². The molecule has 0 aliphatic carbocycles. The van der Waals surface area contributed by atoms with Gasteiger partial charge in [0.25, 0.3) is 0 Å². The molecule has 0 amide bonds. The second-order valence-electron chi connectivity index (χ2n) is 4.35. The maximum Gasteiger partial charge on any atom is 0.194 e. The third kappa shape index (κ3) is 4.51. The van der Waals surface area contributed by atoms with Crippen LogP contribution in [0.2, 0.25) is 0 Å². The van der Waals surface area contributed by atoms with Gasteiger partial charge in [0.15, 0.2) is 17.5 Å². The van der Waals surface area contributed by atoms with Gasteiger partial charge in [-0.2, -0.15) is 0 Å². The van der Waals surface area contributed by atoms with Gasteiger partial charge in [0.1, 0.15) is 0 Å². The molecule has 0 spiro atoms. The molecule has 5 heteroatoms. The van der Waals surface area contributed by atoms with Crippen molar-refractivity contribution in [3.05, 3.63) is 35.1 Å². The van der Waals surface area contributed by atoms with Crippen molar-refractivity contribution in [2.24, 2.45) is 0 Å². The highest BCUT2D eigenvalue weighted by molar-refractivity contribution is 5.23. The van der Waals surface area contributed by atoms with Crippen LogP contribution in [-0.4, -0.2) is 19.8 Å². The Morgan fingerprint density at radius 3 is 2.47 bits per heavy atom. The fraction of sp³-hybridized carbons (Fsp3) is 0.571. The van der Waals surface area contributed by atoms with Crippen molar-refractivity contribution in [1.29, 1.82) is 0 Å². The molecule has 108 valence electrons. The van der Waals surface area contributed by atoms with Crippen LogP contribution < -0.4 is 5.32 Å². The Kier molecular flexibility index (Phi) is 6.87. The van der Waals surface area contributed by atoms with E-state index in [1.165, 1.54) is 6.07 Å². The Hall–Kier alpha value is -1.07. The normalized spacial score (nSPS) is 12.7.